The van der Waals surface area contributed by atoms with Crippen molar-refractivity contribution in [1.82, 2.24) is 0 Å². The topological polar surface area (TPSA) is 71.1 Å². The van der Waals surface area contributed by atoms with E-state index in [9.17, 15) is 9.59 Å². The van der Waals surface area contributed by atoms with Crippen LogP contribution in [-0.4, -0.2) is 36.4 Å². The molecule has 0 aliphatic rings. The summed E-state index contributed by atoms with van der Waals surface area (Å²) in [6.07, 6.45) is 5.18. The molecule has 6 heteroatoms. The smallest absolute Gasteiger partial charge is 0.350 e. The third kappa shape index (κ3) is 7.48. The van der Waals surface area contributed by atoms with Crippen LogP contribution in [0, 0.1) is 13.8 Å². The summed E-state index contributed by atoms with van der Waals surface area (Å²) in [5.41, 5.74) is 1.54. The van der Waals surface area contributed by atoms with Crippen molar-refractivity contribution in [2.75, 3.05) is 13.2 Å². The summed E-state index contributed by atoms with van der Waals surface area (Å²) < 4.78 is 23.4. The average molecular weight is 565 g/mol. The Morgan fingerprint density at radius 1 is 0.732 bits per heavy atom. The molecule has 0 saturated heterocycles. The Morgan fingerprint density at radius 2 is 1.22 bits per heavy atom. The van der Waals surface area contributed by atoms with E-state index in [2.05, 4.69) is 39.1 Å². The Labute approximate surface area is 246 Å². The standard InChI is InChI=1S/C35H48O6/c1-11-21-38-31(36)35(15-5,16-6)41-30-20-18-28(24-26(30)8)33(9,10)27-17-19-29(25(7)23-27)40-32(37)34(13-3,14-4)39-22-12-2/h11-12,17-20,23-24H,1-2,13-16,21-22H2,3-10H3. The maximum atomic E-state index is 13.1. The minimum absolute atomic E-state index is 0.147. The van der Waals surface area contributed by atoms with Crippen LogP contribution in [0.1, 0.15) is 89.5 Å². The zero-order valence-electron chi connectivity index (χ0n) is 26.2. The van der Waals surface area contributed by atoms with Crippen LogP contribution in [0.2, 0.25) is 0 Å². The number of carbonyl (C=O) groups is 2. The van der Waals surface area contributed by atoms with Crippen LogP contribution in [0.15, 0.2) is 61.7 Å². The molecule has 0 bridgehead atoms. The summed E-state index contributed by atoms with van der Waals surface area (Å²) in [4.78, 5) is 26.0. The van der Waals surface area contributed by atoms with E-state index in [1.54, 1.807) is 12.2 Å². The Hall–Kier alpha value is -3.38. The highest BCUT2D eigenvalue weighted by molar-refractivity contribution is 5.82. The number of rotatable bonds is 16. The zero-order chi connectivity index (χ0) is 30.8. The first kappa shape index (κ1) is 33.8. The van der Waals surface area contributed by atoms with Gasteiger partial charge in [-0.1, -0.05) is 84.5 Å². The van der Waals surface area contributed by atoms with Gasteiger partial charge in [-0.15, -0.1) is 6.58 Å². The van der Waals surface area contributed by atoms with E-state index >= 15 is 0 Å². The number of benzene rings is 2. The van der Waals surface area contributed by atoms with E-state index in [1.807, 2.05) is 65.8 Å². The molecule has 2 rings (SSSR count). The second kappa shape index (κ2) is 14.5. The van der Waals surface area contributed by atoms with Gasteiger partial charge < -0.3 is 18.9 Å². The molecule has 6 nitrogen and oxygen atoms in total. The minimum Gasteiger partial charge on any atom is -0.475 e. The summed E-state index contributed by atoms with van der Waals surface area (Å²) in [6.45, 7) is 23.7. The van der Waals surface area contributed by atoms with Gasteiger partial charge in [0.15, 0.2) is 5.60 Å². The lowest BCUT2D eigenvalue weighted by Crippen LogP contribution is -2.45. The number of hydrogen-bond acceptors (Lipinski definition) is 6. The number of hydrogen-bond donors (Lipinski definition) is 0. The Bertz CT molecular complexity index is 1220. The Kier molecular flexibility index (Phi) is 12.0. The molecule has 0 spiro atoms. The third-order valence-electron chi connectivity index (χ3n) is 8.14. The molecule has 0 heterocycles. The molecular weight excluding hydrogens is 516 g/mol. The quantitative estimate of drug-likeness (QED) is 0.117. The lowest BCUT2D eigenvalue weighted by molar-refractivity contribution is -0.162. The van der Waals surface area contributed by atoms with Gasteiger partial charge in [0.05, 0.1) is 6.61 Å². The van der Waals surface area contributed by atoms with Gasteiger partial charge in [-0.05, 0) is 73.9 Å². The van der Waals surface area contributed by atoms with Gasteiger partial charge in [0.2, 0.25) is 5.60 Å². The summed E-state index contributed by atoms with van der Waals surface area (Å²) in [6, 6.07) is 12.0. The minimum atomic E-state index is -1.06. The van der Waals surface area contributed by atoms with Crippen molar-refractivity contribution in [2.24, 2.45) is 0 Å². The number of aryl methyl sites for hydroxylation is 2. The van der Waals surface area contributed by atoms with Gasteiger partial charge in [-0.2, -0.15) is 0 Å². The molecule has 41 heavy (non-hydrogen) atoms. The van der Waals surface area contributed by atoms with Crippen molar-refractivity contribution in [3.8, 4) is 11.5 Å². The van der Waals surface area contributed by atoms with Gasteiger partial charge in [-0.3, -0.25) is 0 Å². The molecule has 0 fully saturated rings. The number of ether oxygens (including phenoxy) is 4. The van der Waals surface area contributed by atoms with E-state index in [0.717, 1.165) is 22.3 Å². The van der Waals surface area contributed by atoms with Gasteiger partial charge in [0.25, 0.3) is 0 Å². The first-order chi connectivity index (χ1) is 19.4. The van der Waals surface area contributed by atoms with Crippen LogP contribution in [0.25, 0.3) is 0 Å². The van der Waals surface area contributed by atoms with Crippen molar-refractivity contribution >= 4 is 11.9 Å². The highest BCUT2D eigenvalue weighted by Crippen LogP contribution is 2.37. The number of esters is 2. The van der Waals surface area contributed by atoms with Gasteiger partial charge >= 0.3 is 11.9 Å². The Balaban J connectivity index is 2.33. The fourth-order valence-corrected chi connectivity index (χ4v) is 4.89. The average Bonchev–Trinajstić information content (AvgIpc) is 2.97. The van der Waals surface area contributed by atoms with Crippen molar-refractivity contribution in [1.29, 1.82) is 0 Å². The molecule has 0 aromatic heterocycles. The summed E-state index contributed by atoms with van der Waals surface area (Å²) in [7, 11) is 0. The number of carbonyl (C=O) groups excluding carboxylic acids is 2. The molecule has 0 unspecified atom stereocenters. The largest absolute Gasteiger partial charge is 0.475 e. The van der Waals surface area contributed by atoms with Crippen molar-refractivity contribution in [3.05, 3.63) is 84.0 Å². The van der Waals surface area contributed by atoms with Crippen LogP contribution in [-0.2, 0) is 24.5 Å². The second-order valence-electron chi connectivity index (χ2n) is 11.0. The third-order valence-corrected chi connectivity index (χ3v) is 8.14. The molecule has 2 aromatic carbocycles. The van der Waals surface area contributed by atoms with E-state index in [-0.39, 0.29) is 24.6 Å². The summed E-state index contributed by atoms with van der Waals surface area (Å²) >= 11 is 0. The van der Waals surface area contributed by atoms with Crippen molar-refractivity contribution < 1.29 is 28.5 Å². The summed E-state index contributed by atoms with van der Waals surface area (Å²) in [5, 5.41) is 0. The monoisotopic (exact) mass is 564 g/mol. The van der Waals surface area contributed by atoms with Crippen LogP contribution < -0.4 is 9.47 Å². The van der Waals surface area contributed by atoms with E-state index < -0.39 is 17.2 Å². The SMILES string of the molecule is C=CCOC(=O)C(CC)(CC)Oc1ccc(C(C)(C)c2ccc(OC(=O)C(CC)(CC)OCC=C)c(C)c2)cc1C. The highest BCUT2D eigenvalue weighted by Gasteiger charge is 2.40. The molecule has 0 atom stereocenters. The predicted octanol–water partition coefficient (Wildman–Crippen LogP) is 7.96. The van der Waals surface area contributed by atoms with E-state index in [1.165, 1.54) is 0 Å². The van der Waals surface area contributed by atoms with Crippen molar-refractivity contribution in [2.45, 2.75) is 97.7 Å². The molecule has 0 amide bonds. The normalized spacial score (nSPS) is 12.0. The lowest BCUT2D eigenvalue weighted by atomic mass is 9.77. The van der Waals surface area contributed by atoms with Gasteiger partial charge in [-0.25, -0.2) is 9.59 Å². The molecular formula is C35H48O6. The lowest BCUT2D eigenvalue weighted by Gasteiger charge is -2.32. The van der Waals surface area contributed by atoms with Crippen LogP contribution in [0.3, 0.4) is 0 Å². The van der Waals surface area contributed by atoms with Crippen LogP contribution >= 0.6 is 0 Å². The molecule has 0 saturated carbocycles. The maximum absolute atomic E-state index is 13.1. The predicted molar refractivity (Wildman–Crippen MR) is 165 cm³/mol. The zero-order valence-corrected chi connectivity index (χ0v) is 26.2. The summed E-state index contributed by atoms with van der Waals surface area (Å²) in [5.74, 6) is 0.386. The first-order valence-electron chi connectivity index (χ1n) is 14.6. The van der Waals surface area contributed by atoms with Gasteiger partial charge in [0, 0.05) is 5.41 Å². The molecule has 0 aliphatic heterocycles. The van der Waals surface area contributed by atoms with Gasteiger partial charge in [0.1, 0.15) is 18.1 Å². The van der Waals surface area contributed by atoms with Crippen LogP contribution in [0.4, 0.5) is 0 Å². The van der Waals surface area contributed by atoms with Crippen molar-refractivity contribution in [3.63, 3.8) is 0 Å². The van der Waals surface area contributed by atoms with E-state index in [4.69, 9.17) is 18.9 Å². The highest BCUT2D eigenvalue weighted by atomic mass is 16.6. The fourth-order valence-electron chi connectivity index (χ4n) is 4.89. The first-order valence-corrected chi connectivity index (χ1v) is 14.6. The van der Waals surface area contributed by atoms with Crippen LogP contribution in [0.5, 0.6) is 11.5 Å². The second-order valence-corrected chi connectivity index (χ2v) is 11.0. The molecule has 0 aliphatic carbocycles. The molecule has 2 aromatic rings. The molecule has 0 radical (unpaired) electrons. The molecule has 0 N–H and O–H groups in total. The molecule has 224 valence electrons. The fraction of sp³-hybridized carbons (Fsp3) is 0.486. The Morgan fingerprint density at radius 3 is 1.66 bits per heavy atom. The van der Waals surface area contributed by atoms with E-state index in [0.29, 0.717) is 37.2 Å². The maximum Gasteiger partial charge on any atom is 0.350 e.